The molecule has 120 valence electrons. The molecule has 2 rings (SSSR count). The molecule has 0 saturated heterocycles. The summed E-state index contributed by atoms with van der Waals surface area (Å²) in [5.41, 5.74) is 0.423. The lowest BCUT2D eigenvalue weighted by molar-refractivity contribution is 0.408. The Morgan fingerprint density at radius 3 is 2.29 bits per heavy atom. The third kappa shape index (κ3) is 3.80. The molecule has 0 aliphatic rings. The first-order chi connectivity index (χ1) is 11.6. The summed E-state index contributed by atoms with van der Waals surface area (Å²) >= 11 is 12.2. The van der Waals surface area contributed by atoms with Crippen molar-refractivity contribution in [2.45, 2.75) is 18.8 Å². The SMILES string of the molecule is C=CCC(c1ccccc1)C(C#N)(C#N)Cc1ccc(Cl)cc1Cl. The number of nitrogens with zero attached hydrogens (tertiary/aromatic N) is 2. The average molecular weight is 355 g/mol. The maximum absolute atomic E-state index is 9.87. The summed E-state index contributed by atoms with van der Waals surface area (Å²) in [5, 5.41) is 20.7. The lowest BCUT2D eigenvalue weighted by Crippen LogP contribution is -2.28. The van der Waals surface area contributed by atoms with Gasteiger partial charge in [-0.1, -0.05) is 65.7 Å². The van der Waals surface area contributed by atoms with Crippen LogP contribution in [0.3, 0.4) is 0 Å². The predicted octanol–water partition coefficient (Wildman–Crippen LogP) is 5.93. The predicted molar refractivity (Wildman–Crippen MR) is 97.8 cm³/mol. The van der Waals surface area contributed by atoms with E-state index in [1.165, 1.54) is 0 Å². The number of allylic oxidation sites excluding steroid dienone is 1. The molecule has 0 heterocycles. The third-order valence-electron chi connectivity index (χ3n) is 4.08. The molecule has 2 nitrogen and oxygen atoms in total. The molecule has 0 saturated carbocycles. The highest BCUT2D eigenvalue weighted by molar-refractivity contribution is 6.35. The van der Waals surface area contributed by atoms with E-state index in [0.29, 0.717) is 16.5 Å². The molecule has 0 aromatic heterocycles. The van der Waals surface area contributed by atoms with Crippen LogP contribution in [0.25, 0.3) is 0 Å². The first-order valence-electron chi connectivity index (χ1n) is 7.48. The maximum atomic E-state index is 9.87. The molecule has 0 fully saturated rings. The van der Waals surface area contributed by atoms with Gasteiger partial charge in [0.15, 0.2) is 5.41 Å². The second kappa shape index (κ2) is 8.02. The molecule has 24 heavy (non-hydrogen) atoms. The molecular weight excluding hydrogens is 339 g/mol. The van der Waals surface area contributed by atoms with Crippen LogP contribution < -0.4 is 0 Å². The number of hydrogen-bond donors (Lipinski definition) is 0. The summed E-state index contributed by atoms with van der Waals surface area (Å²) < 4.78 is 0. The molecule has 0 aliphatic heterocycles. The number of rotatable bonds is 6. The molecule has 0 radical (unpaired) electrons. The van der Waals surface area contributed by atoms with Crippen molar-refractivity contribution in [1.29, 1.82) is 10.5 Å². The molecule has 1 atom stereocenters. The number of hydrogen-bond acceptors (Lipinski definition) is 2. The Bertz CT molecular complexity index is 787. The van der Waals surface area contributed by atoms with Crippen molar-refractivity contribution in [1.82, 2.24) is 0 Å². The van der Waals surface area contributed by atoms with Crippen molar-refractivity contribution >= 4 is 23.2 Å². The number of benzene rings is 2. The summed E-state index contributed by atoms with van der Waals surface area (Å²) in [6, 6.07) is 19.2. The molecule has 2 aromatic rings. The van der Waals surface area contributed by atoms with Gasteiger partial charge in [-0.25, -0.2) is 0 Å². The van der Waals surface area contributed by atoms with Crippen molar-refractivity contribution < 1.29 is 0 Å². The van der Waals surface area contributed by atoms with Gasteiger partial charge < -0.3 is 0 Å². The minimum Gasteiger partial charge on any atom is -0.197 e. The Labute approximate surface area is 152 Å². The smallest absolute Gasteiger partial charge is 0.154 e. The number of nitriles is 2. The second-order valence-corrected chi connectivity index (χ2v) is 6.44. The normalized spacial score (nSPS) is 12.0. The van der Waals surface area contributed by atoms with E-state index < -0.39 is 5.41 Å². The minimum atomic E-state index is -1.24. The molecule has 0 N–H and O–H groups in total. The minimum absolute atomic E-state index is 0.226. The Morgan fingerprint density at radius 2 is 1.75 bits per heavy atom. The lowest BCUT2D eigenvalue weighted by Gasteiger charge is -2.29. The van der Waals surface area contributed by atoms with Crippen LogP contribution in [0.2, 0.25) is 10.0 Å². The Kier molecular flexibility index (Phi) is 6.04. The Morgan fingerprint density at radius 1 is 1.08 bits per heavy atom. The monoisotopic (exact) mass is 354 g/mol. The summed E-state index contributed by atoms with van der Waals surface area (Å²) in [7, 11) is 0. The summed E-state index contributed by atoms with van der Waals surface area (Å²) in [4.78, 5) is 0. The highest BCUT2D eigenvalue weighted by Gasteiger charge is 2.40. The molecule has 2 aromatic carbocycles. The molecule has 0 bridgehead atoms. The molecule has 0 amide bonds. The second-order valence-electron chi connectivity index (χ2n) is 5.60. The van der Waals surface area contributed by atoms with E-state index in [9.17, 15) is 10.5 Å². The van der Waals surface area contributed by atoms with E-state index >= 15 is 0 Å². The Balaban J connectivity index is 2.50. The van der Waals surface area contributed by atoms with E-state index in [1.54, 1.807) is 24.3 Å². The van der Waals surface area contributed by atoms with Gasteiger partial charge in [0.2, 0.25) is 0 Å². The Hall–Kier alpha value is -2.26. The lowest BCUT2D eigenvalue weighted by atomic mass is 9.69. The van der Waals surface area contributed by atoms with Gasteiger partial charge in [-0.3, -0.25) is 0 Å². The molecule has 4 heteroatoms. The fourth-order valence-corrected chi connectivity index (χ4v) is 3.30. The van der Waals surface area contributed by atoms with Crippen LogP contribution >= 0.6 is 23.2 Å². The van der Waals surface area contributed by atoms with E-state index in [2.05, 4.69) is 18.7 Å². The van der Waals surface area contributed by atoms with Gasteiger partial charge in [0.25, 0.3) is 0 Å². The fourth-order valence-electron chi connectivity index (χ4n) is 2.82. The largest absolute Gasteiger partial charge is 0.197 e. The zero-order valence-corrected chi connectivity index (χ0v) is 14.6. The van der Waals surface area contributed by atoms with Gasteiger partial charge in [0.1, 0.15) is 0 Å². The van der Waals surface area contributed by atoms with Gasteiger partial charge in [-0.2, -0.15) is 10.5 Å². The van der Waals surface area contributed by atoms with Crippen LogP contribution in [0, 0.1) is 28.1 Å². The van der Waals surface area contributed by atoms with Crippen molar-refractivity contribution in [2.75, 3.05) is 0 Å². The van der Waals surface area contributed by atoms with E-state index in [1.807, 2.05) is 30.3 Å². The van der Waals surface area contributed by atoms with E-state index in [0.717, 1.165) is 11.1 Å². The van der Waals surface area contributed by atoms with Crippen molar-refractivity contribution in [2.24, 2.45) is 5.41 Å². The molecule has 0 spiro atoms. The average Bonchev–Trinajstić information content (AvgIpc) is 2.61. The fraction of sp³-hybridized carbons (Fsp3) is 0.200. The van der Waals surface area contributed by atoms with Crippen LogP contribution in [-0.4, -0.2) is 0 Å². The third-order valence-corrected chi connectivity index (χ3v) is 4.67. The quantitative estimate of drug-likeness (QED) is 0.603. The summed E-state index contributed by atoms with van der Waals surface area (Å²) in [6.07, 6.45) is 2.49. The zero-order chi connectivity index (χ0) is 17.6. The highest BCUT2D eigenvalue weighted by atomic mass is 35.5. The van der Waals surface area contributed by atoms with Gasteiger partial charge in [-0.15, -0.1) is 6.58 Å². The van der Waals surface area contributed by atoms with Crippen LogP contribution in [0.4, 0.5) is 0 Å². The van der Waals surface area contributed by atoms with Crippen molar-refractivity contribution in [3.63, 3.8) is 0 Å². The molecule has 0 aliphatic carbocycles. The zero-order valence-electron chi connectivity index (χ0n) is 13.0. The van der Waals surface area contributed by atoms with Crippen LogP contribution in [0.1, 0.15) is 23.5 Å². The van der Waals surface area contributed by atoms with E-state index in [4.69, 9.17) is 23.2 Å². The highest BCUT2D eigenvalue weighted by Crippen LogP contribution is 2.42. The topological polar surface area (TPSA) is 47.6 Å². The van der Waals surface area contributed by atoms with Gasteiger partial charge in [0.05, 0.1) is 12.1 Å². The standard InChI is InChI=1S/C20H16Cl2N2/c1-2-6-18(15-7-4-3-5-8-15)20(13-23,14-24)12-16-9-10-17(21)11-19(16)22/h2-5,7-11,18H,1,6,12H2. The van der Waals surface area contributed by atoms with Gasteiger partial charge >= 0.3 is 0 Å². The van der Waals surface area contributed by atoms with Crippen molar-refractivity contribution in [3.05, 3.63) is 82.4 Å². The van der Waals surface area contributed by atoms with E-state index in [-0.39, 0.29) is 12.3 Å². The number of halogens is 2. The van der Waals surface area contributed by atoms with Crippen LogP contribution in [0.15, 0.2) is 61.2 Å². The first kappa shape index (κ1) is 18.1. The molecular formula is C20H16Cl2N2. The van der Waals surface area contributed by atoms with Crippen LogP contribution in [0.5, 0.6) is 0 Å². The molecule has 1 unspecified atom stereocenters. The van der Waals surface area contributed by atoms with Gasteiger partial charge in [0, 0.05) is 22.4 Å². The van der Waals surface area contributed by atoms with Crippen molar-refractivity contribution in [3.8, 4) is 12.1 Å². The summed E-state index contributed by atoms with van der Waals surface area (Å²) in [5.74, 6) is -0.294. The first-order valence-corrected chi connectivity index (χ1v) is 8.24. The summed E-state index contributed by atoms with van der Waals surface area (Å²) in [6.45, 7) is 3.78. The maximum Gasteiger partial charge on any atom is 0.154 e. The van der Waals surface area contributed by atoms with Crippen LogP contribution in [-0.2, 0) is 6.42 Å². The van der Waals surface area contributed by atoms with Gasteiger partial charge in [-0.05, 0) is 29.7 Å².